The van der Waals surface area contributed by atoms with E-state index >= 15 is 0 Å². The van der Waals surface area contributed by atoms with E-state index in [1.54, 1.807) is 0 Å². The lowest BCUT2D eigenvalue weighted by Gasteiger charge is -1.99. The van der Waals surface area contributed by atoms with Gasteiger partial charge in [-0.05, 0) is 43.3 Å². The highest BCUT2D eigenvalue weighted by Gasteiger charge is 2.21. The van der Waals surface area contributed by atoms with E-state index in [9.17, 15) is 0 Å². The predicted octanol–water partition coefficient (Wildman–Crippen LogP) is 6.46. The first-order valence-corrected chi connectivity index (χ1v) is 7.95. The van der Waals surface area contributed by atoms with Gasteiger partial charge in [0.05, 0.1) is 23.3 Å². The molecule has 0 atom stereocenters. The Kier molecular flexibility index (Phi) is 3.72. The third-order valence-corrected chi connectivity index (χ3v) is 3.93. The quantitative estimate of drug-likeness (QED) is 0.405. The molecule has 0 bridgehead atoms. The first-order chi connectivity index (χ1) is 11.8. The van der Waals surface area contributed by atoms with Gasteiger partial charge in [0, 0.05) is 5.56 Å². The molecular formula is C22H17O2+. The van der Waals surface area contributed by atoms with Crippen LogP contribution in [0, 0.1) is 6.92 Å². The summed E-state index contributed by atoms with van der Waals surface area (Å²) in [5, 5.41) is 0. The lowest BCUT2D eigenvalue weighted by atomic mass is 10.1. The van der Waals surface area contributed by atoms with E-state index in [-0.39, 0.29) is 0 Å². The first kappa shape index (κ1) is 14.5. The third-order valence-electron chi connectivity index (χ3n) is 3.93. The lowest BCUT2D eigenvalue weighted by molar-refractivity contribution is 0.545. The summed E-state index contributed by atoms with van der Waals surface area (Å²) in [7, 11) is 0. The van der Waals surface area contributed by atoms with Gasteiger partial charge in [0.2, 0.25) is 0 Å². The third kappa shape index (κ3) is 2.86. The molecule has 0 aliphatic rings. The number of aryl methyl sites for hydroxylation is 1. The Balaban J connectivity index is 1.91. The van der Waals surface area contributed by atoms with Crippen LogP contribution in [0.4, 0.5) is 0 Å². The predicted molar refractivity (Wildman–Crippen MR) is 96.4 cm³/mol. The second kappa shape index (κ2) is 6.17. The van der Waals surface area contributed by atoms with Gasteiger partial charge in [-0.3, -0.25) is 0 Å². The van der Waals surface area contributed by atoms with Crippen LogP contribution in [0.2, 0.25) is 0 Å². The van der Waals surface area contributed by atoms with E-state index in [1.165, 1.54) is 0 Å². The average molecular weight is 313 g/mol. The number of hydrogen-bond acceptors (Lipinski definition) is 1. The zero-order valence-corrected chi connectivity index (χ0v) is 13.4. The highest BCUT2D eigenvalue weighted by atomic mass is 16.3. The molecular weight excluding hydrogens is 296 g/mol. The van der Waals surface area contributed by atoms with Crippen LogP contribution in [0.3, 0.4) is 0 Å². The zero-order valence-electron chi connectivity index (χ0n) is 13.4. The summed E-state index contributed by atoms with van der Waals surface area (Å²) < 4.78 is 12.0. The molecule has 116 valence electrons. The van der Waals surface area contributed by atoms with Crippen molar-refractivity contribution in [1.82, 2.24) is 0 Å². The average Bonchev–Trinajstić information content (AvgIpc) is 3.09. The fourth-order valence-corrected chi connectivity index (χ4v) is 2.72. The normalized spacial score (nSPS) is 10.7. The van der Waals surface area contributed by atoms with Crippen molar-refractivity contribution in [2.24, 2.45) is 0 Å². The molecule has 0 radical (unpaired) electrons. The fourth-order valence-electron chi connectivity index (χ4n) is 2.72. The van der Waals surface area contributed by atoms with Crippen LogP contribution in [0.1, 0.15) is 5.76 Å². The molecule has 0 saturated carbocycles. The minimum Gasteiger partial charge on any atom is -0.461 e. The second-order valence-electron chi connectivity index (χ2n) is 5.72. The highest BCUT2D eigenvalue weighted by Crippen LogP contribution is 2.33. The van der Waals surface area contributed by atoms with Gasteiger partial charge < -0.3 is 4.42 Å². The van der Waals surface area contributed by atoms with Crippen LogP contribution in [0.25, 0.3) is 34.0 Å². The van der Waals surface area contributed by atoms with Gasteiger partial charge in [0.15, 0.2) is 0 Å². The summed E-state index contributed by atoms with van der Waals surface area (Å²) in [6.07, 6.45) is 0. The summed E-state index contributed by atoms with van der Waals surface area (Å²) in [5.41, 5.74) is 3.09. The highest BCUT2D eigenvalue weighted by molar-refractivity contribution is 5.72. The first-order valence-electron chi connectivity index (χ1n) is 7.95. The molecule has 4 aromatic rings. The molecule has 0 fully saturated rings. The standard InChI is InChI=1S/C22H17O2/c1-16-12-13-20(23-16)19-14-21(17-8-4-2-5-9-17)24-22(15-19)18-10-6-3-7-11-18/h2-15H,1H3/q+1. The number of rotatable bonds is 3. The van der Waals surface area contributed by atoms with Crippen molar-refractivity contribution in [2.45, 2.75) is 6.92 Å². The van der Waals surface area contributed by atoms with Gasteiger partial charge in [-0.15, -0.1) is 0 Å². The Morgan fingerprint density at radius 3 is 1.62 bits per heavy atom. The minimum atomic E-state index is 0.820. The number of benzene rings is 2. The molecule has 0 spiro atoms. The van der Waals surface area contributed by atoms with Crippen molar-refractivity contribution in [3.63, 3.8) is 0 Å². The second-order valence-corrected chi connectivity index (χ2v) is 5.72. The largest absolute Gasteiger partial charge is 0.461 e. The van der Waals surface area contributed by atoms with Crippen LogP contribution in [-0.4, -0.2) is 0 Å². The van der Waals surface area contributed by atoms with E-state index in [4.69, 9.17) is 8.83 Å². The molecule has 2 aromatic carbocycles. The van der Waals surface area contributed by atoms with Crippen molar-refractivity contribution < 1.29 is 8.83 Å². The summed E-state index contributed by atoms with van der Waals surface area (Å²) >= 11 is 0. The Bertz CT molecular complexity index is 896. The molecule has 2 heterocycles. The Morgan fingerprint density at radius 2 is 1.17 bits per heavy atom. The summed E-state index contributed by atoms with van der Waals surface area (Å²) in [6, 6.07) is 28.3. The van der Waals surface area contributed by atoms with Crippen molar-refractivity contribution in [1.29, 1.82) is 0 Å². The van der Waals surface area contributed by atoms with Crippen LogP contribution in [-0.2, 0) is 0 Å². The van der Waals surface area contributed by atoms with Crippen molar-refractivity contribution >= 4 is 0 Å². The van der Waals surface area contributed by atoms with E-state index in [1.807, 2.05) is 91.9 Å². The topological polar surface area (TPSA) is 24.4 Å². The van der Waals surface area contributed by atoms with Gasteiger partial charge >= 0.3 is 11.5 Å². The molecule has 2 heteroatoms. The smallest absolute Gasteiger partial charge is 0.361 e. The SMILES string of the molecule is Cc1ccc(-c2cc(-c3ccccc3)[o+]c(-c3ccccc3)c2)o1. The Hall–Kier alpha value is -3.13. The van der Waals surface area contributed by atoms with Crippen LogP contribution < -0.4 is 0 Å². The van der Waals surface area contributed by atoms with Gasteiger partial charge in [-0.1, -0.05) is 36.4 Å². The Morgan fingerprint density at radius 1 is 0.625 bits per heavy atom. The summed E-state index contributed by atoms with van der Waals surface area (Å²) in [4.78, 5) is 0. The molecule has 2 nitrogen and oxygen atoms in total. The van der Waals surface area contributed by atoms with Crippen LogP contribution in [0.15, 0.2) is 93.8 Å². The summed E-state index contributed by atoms with van der Waals surface area (Å²) in [5.74, 6) is 3.38. The van der Waals surface area contributed by atoms with E-state index in [2.05, 4.69) is 0 Å². The molecule has 0 saturated heterocycles. The van der Waals surface area contributed by atoms with Crippen LogP contribution >= 0.6 is 0 Å². The fraction of sp³-hybridized carbons (Fsp3) is 0.0455. The maximum Gasteiger partial charge on any atom is 0.361 e. The van der Waals surface area contributed by atoms with Gasteiger partial charge in [-0.2, -0.15) is 0 Å². The van der Waals surface area contributed by atoms with Crippen molar-refractivity contribution in [3.8, 4) is 34.0 Å². The van der Waals surface area contributed by atoms with E-state index < -0.39 is 0 Å². The zero-order chi connectivity index (χ0) is 16.4. The number of furan rings is 1. The summed E-state index contributed by atoms with van der Waals surface area (Å²) in [6.45, 7) is 1.95. The lowest BCUT2D eigenvalue weighted by Crippen LogP contribution is -1.85. The molecule has 2 aromatic heterocycles. The molecule has 0 unspecified atom stereocenters. The minimum absolute atomic E-state index is 0.820. The molecule has 0 aliphatic carbocycles. The van der Waals surface area contributed by atoms with Crippen LogP contribution in [0.5, 0.6) is 0 Å². The molecule has 0 N–H and O–H groups in total. The maximum absolute atomic E-state index is 6.18. The van der Waals surface area contributed by atoms with E-state index in [0.717, 1.165) is 39.7 Å². The number of hydrogen-bond donors (Lipinski definition) is 0. The molecule has 4 rings (SSSR count). The van der Waals surface area contributed by atoms with Gasteiger partial charge in [-0.25, -0.2) is 4.42 Å². The van der Waals surface area contributed by atoms with Crippen molar-refractivity contribution in [2.75, 3.05) is 0 Å². The van der Waals surface area contributed by atoms with Gasteiger partial charge in [0.25, 0.3) is 0 Å². The Labute approximate surface area is 141 Å². The molecule has 0 amide bonds. The van der Waals surface area contributed by atoms with E-state index in [0.29, 0.717) is 0 Å². The maximum atomic E-state index is 6.18. The molecule has 0 aliphatic heterocycles. The molecule has 24 heavy (non-hydrogen) atoms. The van der Waals surface area contributed by atoms with Crippen molar-refractivity contribution in [3.05, 3.63) is 90.7 Å². The monoisotopic (exact) mass is 313 g/mol. The van der Waals surface area contributed by atoms with Gasteiger partial charge in [0.1, 0.15) is 11.5 Å².